The van der Waals surface area contributed by atoms with Gasteiger partial charge in [0.1, 0.15) is 11.6 Å². The number of hydrogen-bond acceptors (Lipinski definition) is 2. The molecule has 1 heterocycles. The molecule has 0 aliphatic carbocycles. The van der Waals surface area contributed by atoms with Gasteiger partial charge in [0, 0.05) is 44.4 Å². The Bertz CT molecular complexity index is 655. The molecule has 5 heteroatoms. The minimum atomic E-state index is -0.537. The molecule has 22 heavy (non-hydrogen) atoms. The van der Waals surface area contributed by atoms with Crippen molar-refractivity contribution in [3.05, 3.63) is 64.7 Å². The second-order valence-corrected chi connectivity index (χ2v) is 5.86. The van der Waals surface area contributed by atoms with E-state index in [-0.39, 0.29) is 0 Å². The number of hydrogen-bond donors (Lipinski definition) is 0. The Morgan fingerprint density at radius 3 is 2.36 bits per heavy atom. The van der Waals surface area contributed by atoms with Gasteiger partial charge in [0.15, 0.2) is 0 Å². The fraction of sp³-hybridized carbons (Fsp3) is 0.294. The van der Waals surface area contributed by atoms with Gasteiger partial charge in [0.05, 0.1) is 10.7 Å². The fourth-order valence-electron chi connectivity index (χ4n) is 2.75. The maximum Gasteiger partial charge on any atom is 0.130 e. The zero-order chi connectivity index (χ0) is 15.5. The van der Waals surface area contributed by atoms with E-state index in [1.165, 1.54) is 12.1 Å². The number of rotatable bonds is 3. The lowest BCUT2D eigenvalue weighted by atomic mass is 10.1. The molecular formula is C17H17ClF2N2. The molecule has 2 nitrogen and oxygen atoms in total. The van der Waals surface area contributed by atoms with Gasteiger partial charge in [0.2, 0.25) is 0 Å². The van der Waals surface area contributed by atoms with E-state index in [0.717, 1.165) is 43.0 Å². The topological polar surface area (TPSA) is 6.48 Å². The minimum absolute atomic E-state index is 0.478. The molecule has 0 N–H and O–H groups in total. The van der Waals surface area contributed by atoms with Crippen LogP contribution in [0.1, 0.15) is 5.56 Å². The largest absolute Gasteiger partial charge is 0.368 e. The second kappa shape index (κ2) is 6.63. The van der Waals surface area contributed by atoms with Crippen LogP contribution in [-0.4, -0.2) is 31.1 Å². The molecule has 0 atom stereocenters. The Hall–Kier alpha value is -1.65. The molecular weight excluding hydrogens is 306 g/mol. The number of halogens is 3. The van der Waals surface area contributed by atoms with Crippen LogP contribution < -0.4 is 4.90 Å². The van der Waals surface area contributed by atoms with E-state index in [0.29, 0.717) is 12.1 Å². The lowest BCUT2D eigenvalue weighted by Crippen LogP contribution is -2.46. The highest BCUT2D eigenvalue weighted by molar-refractivity contribution is 6.33. The molecule has 0 saturated carbocycles. The lowest BCUT2D eigenvalue weighted by Gasteiger charge is -2.36. The first-order chi connectivity index (χ1) is 10.6. The number of benzene rings is 2. The predicted octanol–water partition coefficient (Wildman–Crippen LogP) is 3.94. The molecule has 2 aromatic rings. The number of piperazine rings is 1. The Morgan fingerprint density at radius 2 is 1.68 bits per heavy atom. The van der Waals surface area contributed by atoms with Crippen LogP contribution in [-0.2, 0) is 6.54 Å². The molecule has 2 aromatic carbocycles. The molecule has 1 fully saturated rings. The summed E-state index contributed by atoms with van der Waals surface area (Å²) in [5.41, 5.74) is 1.57. The van der Waals surface area contributed by atoms with Crippen molar-refractivity contribution in [2.45, 2.75) is 6.54 Å². The van der Waals surface area contributed by atoms with Crippen LogP contribution in [0, 0.1) is 11.6 Å². The summed E-state index contributed by atoms with van der Waals surface area (Å²) < 4.78 is 26.6. The van der Waals surface area contributed by atoms with E-state index in [9.17, 15) is 8.78 Å². The van der Waals surface area contributed by atoms with E-state index in [1.54, 1.807) is 0 Å². The van der Waals surface area contributed by atoms with Crippen molar-refractivity contribution in [1.29, 1.82) is 0 Å². The highest BCUT2D eigenvalue weighted by Gasteiger charge is 2.19. The molecule has 3 rings (SSSR count). The van der Waals surface area contributed by atoms with Gasteiger partial charge >= 0.3 is 0 Å². The standard InChI is InChI=1S/C17H17ClF2N2/c18-15-3-1-2-4-17(15)22-9-7-21(8-10-22)12-13-5-6-14(19)11-16(13)20/h1-6,11H,7-10,12H2. The summed E-state index contributed by atoms with van der Waals surface area (Å²) in [6.45, 7) is 3.83. The van der Waals surface area contributed by atoms with Crippen LogP contribution >= 0.6 is 11.6 Å². The number of para-hydroxylation sites is 1. The van der Waals surface area contributed by atoms with Gasteiger partial charge < -0.3 is 4.90 Å². The monoisotopic (exact) mass is 322 g/mol. The third-order valence-corrected chi connectivity index (χ3v) is 4.29. The first kappa shape index (κ1) is 15.3. The highest BCUT2D eigenvalue weighted by atomic mass is 35.5. The van der Waals surface area contributed by atoms with Crippen LogP contribution in [0.5, 0.6) is 0 Å². The minimum Gasteiger partial charge on any atom is -0.368 e. The molecule has 0 unspecified atom stereocenters. The zero-order valence-electron chi connectivity index (χ0n) is 12.1. The highest BCUT2D eigenvalue weighted by Crippen LogP contribution is 2.26. The van der Waals surface area contributed by atoms with E-state index in [4.69, 9.17) is 11.6 Å². The van der Waals surface area contributed by atoms with Crippen molar-refractivity contribution in [2.24, 2.45) is 0 Å². The Labute approximate surface area is 133 Å². The van der Waals surface area contributed by atoms with Crippen LogP contribution in [0.3, 0.4) is 0 Å². The average molecular weight is 323 g/mol. The summed E-state index contributed by atoms with van der Waals surface area (Å²) in [6.07, 6.45) is 0. The van der Waals surface area contributed by atoms with Crippen molar-refractivity contribution in [1.82, 2.24) is 4.90 Å². The summed E-state index contributed by atoms with van der Waals surface area (Å²) in [5.74, 6) is -1.02. The summed E-state index contributed by atoms with van der Waals surface area (Å²) in [5, 5.41) is 0.750. The van der Waals surface area contributed by atoms with Crippen molar-refractivity contribution < 1.29 is 8.78 Å². The zero-order valence-corrected chi connectivity index (χ0v) is 12.9. The maximum absolute atomic E-state index is 13.7. The Balaban J connectivity index is 1.61. The lowest BCUT2D eigenvalue weighted by molar-refractivity contribution is 0.246. The van der Waals surface area contributed by atoms with Gasteiger partial charge in [-0.2, -0.15) is 0 Å². The molecule has 0 spiro atoms. The van der Waals surface area contributed by atoms with Crippen LogP contribution in [0.2, 0.25) is 5.02 Å². The normalized spacial score (nSPS) is 16.0. The molecule has 1 aliphatic rings. The first-order valence-electron chi connectivity index (χ1n) is 7.29. The van der Waals surface area contributed by atoms with Crippen molar-refractivity contribution in [3.8, 4) is 0 Å². The van der Waals surface area contributed by atoms with Crippen molar-refractivity contribution in [2.75, 3.05) is 31.1 Å². The predicted molar refractivity (Wildman–Crippen MR) is 85.3 cm³/mol. The Kier molecular flexibility index (Phi) is 4.60. The first-order valence-corrected chi connectivity index (χ1v) is 7.67. The molecule has 0 amide bonds. The summed E-state index contributed by atoms with van der Waals surface area (Å²) in [7, 11) is 0. The second-order valence-electron chi connectivity index (χ2n) is 5.45. The summed E-state index contributed by atoms with van der Waals surface area (Å²) >= 11 is 6.22. The van der Waals surface area contributed by atoms with Crippen LogP contribution in [0.15, 0.2) is 42.5 Å². The average Bonchev–Trinajstić information content (AvgIpc) is 2.51. The summed E-state index contributed by atoms with van der Waals surface area (Å²) in [4.78, 5) is 4.41. The molecule has 0 aromatic heterocycles. The van der Waals surface area contributed by atoms with Gasteiger partial charge in [0.25, 0.3) is 0 Å². The van der Waals surface area contributed by atoms with Gasteiger partial charge in [-0.3, -0.25) is 4.90 Å². The summed E-state index contributed by atoms with van der Waals surface area (Å²) in [6, 6.07) is 11.6. The van der Waals surface area contributed by atoms with E-state index >= 15 is 0 Å². The molecule has 1 saturated heterocycles. The van der Waals surface area contributed by atoms with E-state index in [1.807, 2.05) is 24.3 Å². The van der Waals surface area contributed by atoms with Crippen molar-refractivity contribution in [3.63, 3.8) is 0 Å². The number of anilines is 1. The van der Waals surface area contributed by atoms with Gasteiger partial charge in [-0.15, -0.1) is 0 Å². The molecule has 116 valence electrons. The third-order valence-electron chi connectivity index (χ3n) is 3.97. The molecule has 0 bridgehead atoms. The molecule has 0 radical (unpaired) electrons. The SMILES string of the molecule is Fc1ccc(CN2CCN(c3ccccc3Cl)CC2)c(F)c1. The number of nitrogens with zero attached hydrogens (tertiary/aromatic N) is 2. The van der Waals surface area contributed by atoms with Crippen molar-refractivity contribution >= 4 is 17.3 Å². The van der Waals surface area contributed by atoms with Gasteiger partial charge in [-0.25, -0.2) is 8.78 Å². The fourth-order valence-corrected chi connectivity index (χ4v) is 3.00. The maximum atomic E-state index is 13.7. The van der Waals surface area contributed by atoms with E-state index < -0.39 is 11.6 Å². The van der Waals surface area contributed by atoms with E-state index in [2.05, 4.69) is 9.80 Å². The quantitative estimate of drug-likeness (QED) is 0.844. The van der Waals surface area contributed by atoms with Crippen LogP contribution in [0.25, 0.3) is 0 Å². The third kappa shape index (κ3) is 3.39. The smallest absolute Gasteiger partial charge is 0.130 e. The molecule has 1 aliphatic heterocycles. The van der Waals surface area contributed by atoms with Gasteiger partial charge in [-0.1, -0.05) is 29.8 Å². The Morgan fingerprint density at radius 1 is 0.955 bits per heavy atom. The van der Waals surface area contributed by atoms with Crippen LogP contribution in [0.4, 0.5) is 14.5 Å². The van der Waals surface area contributed by atoms with Gasteiger partial charge in [-0.05, 0) is 18.2 Å².